The second-order valence-electron chi connectivity index (χ2n) is 5.87. The van der Waals surface area contributed by atoms with E-state index in [4.69, 9.17) is 4.74 Å². The van der Waals surface area contributed by atoms with Crippen LogP contribution in [-0.2, 0) is 14.3 Å². The zero-order chi connectivity index (χ0) is 19.2. The van der Waals surface area contributed by atoms with Crippen molar-refractivity contribution in [2.75, 3.05) is 18.9 Å². The van der Waals surface area contributed by atoms with Crippen LogP contribution in [0.15, 0.2) is 65.7 Å². The van der Waals surface area contributed by atoms with Crippen LogP contribution in [0.1, 0.15) is 17.3 Å². The van der Waals surface area contributed by atoms with E-state index < -0.39 is 5.97 Å². The number of benzene rings is 2. The molecule has 138 valence electrons. The molecule has 5 nitrogen and oxygen atoms in total. The van der Waals surface area contributed by atoms with Crippen LogP contribution >= 0.6 is 11.8 Å². The number of carbonyl (C=O) groups excluding carboxylic acids is 3. The molecular formula is C21H19NO4S. The Kier molecular flexibility index (Phi) is 6.08. The van der Waals surface area contributed by atoms with E-state index in [2.05, 4.69) is 0 Å². The third kappa shape index (κ3) is 4.65. The average molecular weight is 381 g/mol. The number of ether oxygens (including phenoxy) is 1. The first kappa shape index (κ1) is 18.9. The van der Waals surface area contributed by atoms with Gasteiger partial charge < -0.3 is 4.74 Å². The Morgan fingerprint density at radius 3 is 2.41 bits per heavy atom. The summed E-state index contributed by atoms with van der Waals surface area (Å²) in [5.74, 6) is -0.671. The zero-order valence-electron chi connectivity index (χ0n) is 14.9. The predicted molar refractivity (Wildman–Crippen MR) is 105 cm³/mol. The molecule has 27 heavy (non-hydrogen) atoms. The van der Waals surface area contributed by atoms with E-state index >= 15 is 0 Å². The van der Waals surface area contributed by atoms with E-state index in [0.29, 0.717) is 10.6 Å². The Morgan fingerprint density at radius 1 is 1.07 bits per heavy atom. The second kappa shape index (κ2) is 8.68. The molecule has 0 N–H and O–H groups in total. The maximum absolute atomic E-state index is 12.6. The molecule has 2 aromatic rings. The number of carbonyl (C=O) groups is 3. The molecule has 0 bridgehead atoms. The lowest BCUT2D eigenvalue weighted by Gasteiger charge is -2.16. The van der Waals surface area contributed by atoms with Gasteiger partial charge in [0.2, 0.25) is 5.91 Å². The summed E-state index contributed by atoms with van der Waals surface area (Å²) in [5, 5.41) is 0.452. The number of esters is 1. The monoisotopic (exact) mass is 381 g/mol. The maximum atomic E-state index is 12.6. The molecule has 6 heteroatoms. The molecule has 1 amide bonds. The van der Waals surface area contributed by atoms with Crippen LogP contribution in [0.5, 0.6) is 0 Å². The van der Waals surface area contributed by atoms with Gasteiger partial charge in [-0.2, -0.15) is 0 Å². The van der Waals surface area contributed by atoms with Gasteiger partial charge in [-0.05, 0) is 18.1 Å². The van der Waals surface area contributed by atoms with Crippen LogP contribution in [0.4, 0.5) is 0 Å². The van der Waals surface area contributed by atoms with Crippen molar-refractivity contribution in [3.8, 4) is 11.1 Å². The fourth-order valence-corrected chi connectivity index (χ4v) is 3.63. The van der Waals surface area contributed by atoms with Crippen molar-refractivity contribution in [2.45, 2.75) is 6.92 Å². The fourth-order valence-electron chi connectivity index (χ4n) is 2.70. The van der Waals surface area contributed by atoms with E-state index in [1.807, 2.05) is 42.5 Å². The summed E-state index contributed by atoms with van der Waals surface area (Å²) in [5.41, 5.74) is 2.61. The van der Waals surface area contributed by atoms with Crippen molar-refractivity contribution in [1.82, 2.24) is 4.90 Å². The summed E-state index contributed by atoms with van der Waals surface area (Å²) in [6.45, 7) is 1.87. The second-order valence-corrected chi connectivity index (χ2v) is 6.87. The highest BCUT2D eigenvalue weighted by atomic mass is 32.2. The van der Waals surface area contributed by atoms with Gasteiger partial charge in [0.05, 0.1) is 30.0 Å². The van der Waals surface area contributed by atoms with Crippen molar-refractivity contribution < 1.29 is 19.1 Å². The smallest absolute Gasteiger partial charge is 0.333 e. The third-order valence-corrected chi connectivity index (χ3v) is 5.08. The summed E-state index contributed by atoms with van der Waals surface area (Å²) in [4.78, 5) is 37.7. The molecule has 0 unspecified atom stereocenters. The van der Waals surface area contributed by atoms with Gasteiger partial charge in [-0.1, -0.05) is 66.4 Å². The van der Waals surface area contributed by atoms with Gasteiger partial charge >= 0.3 is 5.97 Å². The first-order chi connectivity index (χ1) is 13.1. The molecule has 0 saturated carbocycles. The summed E-state index contributed by atoms with van der Waals surface area (Å²) in [6, 6.07) is 17.2. The highest BCUT2D eigenvalue weighted by Crippen LogP contribution is 2.29. The molecule has 0 atom stereocenters. The molecule has 0 aliphatic carbocycles. The molecule has 2 aromatic carbocycles. The molecule has 0 spiro atoms. The third-order valence-electron chi connectivity index (χ3n) is 4.05. The standard InChI is InChI=1S/C21H19NO4S/c1-2-26-21(25)12-20-22(19(24)14-27-20)13-18(23)17-10-8-16(9-11-17)15-6-4-3-5-7-15/h3-12H,2,13-14H2,1H3/b20-12-. The first-order valence-corrected chi connectivity index (χ1v) is 9.57. The van der Waals surface area contributed by atoms with E-state index in [1.54, 1.807) is 19.1 Å². The average Bonchev–Trinajstić information content (AvgIpc) is 3.02. The number of thioether (sulfide) groups is 1. The summed E-state index contributed by atoms with van der Waals surface area (Å²) >= 11 is 1.23. The Labute approximate surface area is 162 Å². The van der Waals surface area contributed by atoms with Crippen molar-refractivity contribution in [3.05, 3.63) is 71.3 Å². The molecule has 1 aliphatic heterocycles. The highest BCUT2D eigenvalue weighted by molar-refractivity contribution is 8.04. The number of Topliss-reactive ketones (excluding diaryl/α,β-unsaturated/α-hetero) is 1. The molecule has 1 aliphatic rings. The number of hydrogen-bond donors (Lipinski definition) is 0. The predicted octanol–water partition coefficient (Wildman–Crippen LogP) is 3.52. The SMILES string of the molecule is CCOC(=O)/C=C1\SCC(=O)N1CC(=O)c1ccc(-c2ccccc2)cc1. The lowest BCUT2D eigenvalue weighted by atomic mass is 10.0. The highest BCUT2D eigenvalue weighted by Gasteiger charge is 2.29. The Hall–Kier alpha value is -2.86. The summed E-state index contributed by atoms with van der Waals surface area (Å²) in [7, 11) is 0. The van der Waals surface area contributed by atoms with Crippen molar-refractivity contribution >= 4 is 29.4 Å². The lowest BCUT2D eigenvalue weighted by Crippen LogP contribution is -2.31. The molecule has 0 radical (unpaired) electrons. The molecule has 0 aromatic heterocycles. The summed E-state index contributed by atoms with van der Waals surface area (Å²) in [6.07, 6.45) is 1.27. The normalized spacial score (nSPS) is 15.2. The van der Waals surface area contributed by atoms with Crippen molar-refractivity contribution in [1.29, 1.82) is 0 Å². The van der Waals surface area contributed by atoms with Gasteiger partial charge in [-0.25, -0.2) is 4.79 Å². The molecular weight excluding hydrogens is 362 g/mol. The van der Waals surface area contributed by atoms with E-state index in [0.717, 1.165) is 11.1 Å². The molecule has 1 saturated heterocycles. The van der Waals surface area contributed by atoms with Gasteiger partial charge in [0.15, 0.2) is 5.78 Å². The van der Waals surface area contributed by atoms with Gasteiger partial charge in [0.1, 0.15) is 0 Å². The van der Waals surface area contributed by atoms with Gasteiger partial charge in [0.25, 0.3) is 0 Å². The van der Waals surface area contributed by atoms with E-state index in [1.165, 1.54) is 22.7 Å². The van der Waals surface area contributed by atoms with Crippen molar-refractivity contribution in [3.63, 3.8) is 0 Å². The number of amides is 1. The topological polar surface area (TPSA) is 63.7 Å². The molecule has 1 heterocycles. The fraction of sp³-hybridized carbons (Fsp3) is 0.190. The number of nitrogens with zero attached hydrogens (tertiary/aromatic N) is 1. The van der Waals surface area contributed by atoms with Crippen LogP contribution in [0.25, 0.3) is 11.1 Å². The van der Waals surface area contributed by atoms with Crippen LogP contribution in [-0.4, -0.2) is 41.5 Å². The van der Waals surface area contributed by atoms with Crippen LogP contribution in [0, 0.1) is 0 Å². The van der Waals surface area contributed by atoms with Crippen molar-refractivity contribution in [2.24, 2.45) is 0 Å². The number of ketones is 1. The quantitative estimate of drug-likeness (QED) is 0.435. The van der Waals surface area contributed by atoms with Gasteiger partial charge in [-0.3, -0.25) is 14.5 Å². The minimum absolute atomic E-state index is 0.0955. The lowest BCUT2D eigenvalue weighted by molar-refractivity contribution is -0.137. The van der Waals surface area contributed by atoms with Gasteiger partial charge in [0, 0.05) is 5.56 Å². The number of rotatable bonds is 6. The Morgan fingerprint density at radius 2 is 1.74 bits per heavy atom. The van der Waals surface area contributed by atoms with Gasteiger partial charge in [-0.15, -0.1) is 0 Å². The minimum Gasteiger partial charge on any atom is -0.463 e. The zero-order valence-corrected chi connectivity index (χ0v) is 15.7. The molecule has 3 rings (SSSR count). The summed E-state index contributed by atoms with van der Waals surface area (Å²) < 4.78 is 4.88. The largest absolute Gasteiger partial charge is 0.463 e. The Bertz CT molecular complexity index is 875. The van der Waals surface area contributed by atoms with E-state index in [9.17, 15) is 14.4 Å². The number of hydrogen-bond acceptors (Lipinski definition) is 5. The molecule has 1 fully saturated rings. The van der Waals surface area contributed by atoms with Crippen LogP contribution in [0.3, 0.4) is 0 Å². The van der Waals surface area contributed by atoms with E-state index in [-0.39, 0.29) is 30.6 Å². The van der Waals surface area contributed by atoms with Crippen LogP contribution < -0.4 is 0 Å². The minimum atomic E-state index is -0.514. The van der Waals surface area contributed by atoms with Crippen LogP contribution in [0.2, 0.25) is 0 Å². The maximum Gasteiger partial charge on any atom is 0.333 e. The first-order valence-electron chi connectivity index (χ1n) is 8.59. The Balaban J connectivity index is 1.72.